The van der Waals surface area contributed by atoms with Crippen LogP contribution in [0.15, 0.2) is 18.2 Å². The van der Waals surface area contributed by atoms with Gasteiger partial charge in [0.25, 0.3) is 5.91 Å². The number of amides is 2. The lowest BCUT2D eigenvalue weighted by Crippen LogP contribution is -2.39. The van der Waals surface area contributed by atoms with E-state index in [1.165, 1.54) is 13.2 Å². The van der Waals surface area contributed by atoms with Crippen LogP contribution in [-0.4, -0.2) is 44.9 Å². The Morgan fingerprint density at radius 2 is 2.00 bits per heavy atom. The molecule has 22 heavy (non-hydrogen) atoms. The predicted molar refractivity (Wildman–Crippen MR) is 80.2 cm³/mol. The summed E-state index contributed by atoms with van der Waals surface area (Å²) in [4.78, 5) is 33.9. The molecule has 1 aromatic carbocycles. The van der Waals surface area contributed by atoms with E-state index in [9.17, 15) is 14.4 Å². The minimum absolute atomic E-state index is 0.106. The molecule has 2 N–H and O–H groups in total. The van der Waals surface area contributed by atoms with Gasteiger partial charge in [-0.25, -0.2) is 0 Å². The van der Waals surface area contributed by atoms with Gasteiger partial charge in [-0.1, -0.05) is 6.92 Å². The van der Waals surface area contributed by atoms with Crippen LogP contribution in [0.5, 0.6) is 11.5 Å². The van der Waals surface area contributed by atoms with Crippen molar-refractivity contribution < 1.29 is 23.9 Å². The van der Waals surface area contributed by atoms with Crippen molar-refractivity contribution >= 4 is 18.1 Å². The van der Waals surface area contributed by atoms with Gasteiger partial charge in [-0.2, -0.15) is 0 Å². The summed E-state index contributed by atoms with van der Waals surface area (Å²) in [6.07, 6.45) is 1.45. The molecular weight excluding hydrogens is 288 g/mol. The highest BCUT2D eigenvalue weighted by Gasteiger charge is 2.09. The molecular formula is C15H20N2O5. The molecule has 0 saturated carbocycles. The first kappa shape index (κ1) is 17.5. The van der Waals surface area contributed by atoms with Crippen LogP contribution in [0.3, 0.4) is 0 Å². The molecule has 0 saturated heterocycles. The van der Waals surface area contributed by atoms with Gasteiger partial charge in [-0.05, 0) is 24.6 Å². The SMILES string of the molecule is CCCNC(=O)CNC(=O)COc1ccc(OC)cc1C=O. The van der Waals surface area contributed by atoms with E-state index in [1.807, 2.05) is 6.92 Å². The third-order valence-corrected chi connectivity index (χ3v) is 2.72. The van der Waals surface area contributed by atoms with Crippen molar-refractivity contribution in [1.29, 1.82) is 0 Å². The molecule has 7 nitrogen and oxygen atoms in total. The number of methoxy groups -OCH3 is 1. The molecule has 0 aliphatic rings. The monoisotopic (exact) mass is 308 g/mol. The summed E-state index contributed by atoms with van der Waals surface area (Å²) in [6, 6.07) is 4.68. The number of benzene rings is 1. The number of nitrogens with one attached hydrogen (secondary N) is 2. The topological polar surface area (TPSA) is 93.7 Å². The summed E-state index contributed by atoms with van der Waals surface area (Å²) < 4.78 is 10.3. The maximum Gasteiger partial charge on any atom is 0.258 e. The van der Waals surface area contributed by atoms with Crippen LogP contribution in [0.1, 0.15) is 23.7 Å². The standard InChI is InChI=1S/C15H20N2O5/c1-3-6-16-14(19)8-17-15(20)10-22-13-5-4-12(21-2)7-11(13)9-18/h4-5,7,9H,3,6,8,10H2,1-2H3,(H,16,19)(H,17,20). The fourth-order valence-electron chi connectivity index (χ4n) is 1.58. The molecule has 0 heterocycles. The molecule has 0 aliphatic carbocycles. The van der Waals surface area contributed by atoms with Crippen molar-refractivity contribution in [2.75, 3.05) is 26.8 Å². The summed E-state index contributed by atoms with van der Waals surface area (Å²) >= 11 is 0. The van der Waals surface area contributed by atoms with E-state index in [0.717, 1.165) is 6.42 Å². The molecule has 2 amide bonds. The first-order chi connectivity index (χ1) is 10.6. The van der Waals surface area contributed by atoms with Crippen LogP contribution in [-0.2, 0) is 9.59 Å². The van der Waals surface area contributed by atoms with Crippen LogP contribution >= 0.6 is 0 Å². The number of ether oxygens (including phenoxy) is 2. The minimum atomic E-state index is -0.445. The third-order valence-electron chi connectivity index (χ3n) is 2.72. The van der Waals surface area contributed by atoms with E-state index in [4.69, 9.17) is 9.47 Å². The van der Waals surface area contributed by atoms with Crippen LogP contribution in [0.4, 0.5) is 0 Å². The first-order valence-corrected chi connectivity index (χ1v) is 6.90. The number of carbonyl (C=O) groups is 3. The van der Waals surface area contributed by atoms with Gasteiger partial charge < -0.3 is 20.1 Å². The second-order valence-electron chi connectivity index (χ2n) is 4.44. The normalized spacial score (nSPS) is 9.73. The Morgan fingerprint density at radius 3 is 2.64 bits per heavy atom. The highest BCUT2D eigenvalue weighted by atomic mass is 16.5. The molecule has 0 aliphatic heterocycles. The fourth-order valence-corrected chi connectivity index (χ4v) is 1.58. The summed E-state index contributed by atoms with van der Waals surface area (Å²) in [5, 5.41) is 5.07. The largest absolute Gasteiger partial charge is 0.497 e. The van der Waals surface area contributed by atoms with Gasteiger partial charge in [-0.15, -0.1) is 0 Å². The summed E-state index contributed by atoms with van der Waals surface area (Å²) in [5.41, 5.74) is 0.285. The van der Waals surface area contributed by atoms with Gasteiger partial charge in [0.15, 0.2) is 12.9 Å². The lowest BCUT2D eigenvalue weighted by Gasteiger charge is -2.10. The average molecular weight is 308 g/mol. The van der Waals surface area contributed by atoms with Crippen LogP contribution in [0, 0.1) is 0 Å². The lowest BCUT2D eigenvalue weighted by atomic mass is 10.2. The maximum atomic E-state index is 11.6. The van der Waals surface area contributed by atoms with Crippen molar-refractivity contribution in [2.45, 2.75) is 13.3 Å². The third kappa shape index (κ3) is 5.82. The minimum Gasteiger partial charge on any atom is -0.497 e. The smallest absolute Gasteiger partial charge is 0.258 e. The zero-order valence-corrected chi connectivity index (χ0v) is 12.7. The molecule has 1 rings (SSSR count). The number of hydrogen-bond donors (Lipinski definition) is 2. The Balaban J connectivity index is 2.44. The van der Waals surface area contributed by atoms with Gasteiger partial charge >= 0.3 is 0 Å². The second-order valence-corrected chi connectivity index (χ2v) is 4.44. The molecule has 1 aromatic rings. The van der Waals surface area contributed by atoms with Gasteiger partial charge in [0.1, 0.15) is 11.5 Å². The Hall–Kier alpha value is -2.57. The zero-order valence-electron chi connectivity index (χ0n) is 12.7. The maximum absolute atomic E-state index is 11.6. The Kier molecular flexibility index (Phi) is 7.45. The van der Waals surface area contributed by atoms with Gasteiger partial charge in [0.2, 0.25) is 5.91 Å². The van der Waals surface area contributed by atoms with Crippen molar-refractivity contribution in [3.63, 3.8) is 0 Å². The molecule has 0 atom stereocenters. The molecule has 0 aromatic heterocycles. The van der Waals surface area contributed by atoms with E-state index in [2.05, 4.69) is 10.6 Å². The Bertz CT molecular complexity index is 531. The molecule has 0 spiro atoms. The van der Waals surface area contributed by atoms with Crippen LogP contribution in [0.2, 0.25) is 0 Å². The Labute approximate surface area is 129 Å². The molecule has 0 radical (unpaired) electrons. The number of hydrogen-bond acceptors (Lipinski definition) is 5. The van der Waals surface area contributed by atoms with Crippen LogP contribution in [0.25, 0.3) is 0 Å². The second kappa shape index (κ2) is 9.38. The van der Waals surface area contributed by atoms with Gasteiger partial charge in [0.05, 0.1) is 19.2 Å². The van der Waals surface area contributed by atoms with E-state index < -0.39 is 5.91 Å². The number of carbonyl (C=O) groups excluding carboxylic acids is 3. The number of aldehydes is 1. The quantitative estimate of drug-likeness (QED) is 0.649. The highest BCUT2D eigenvalue weighted by Crippen LogP contribution is 2.22. The zero-order chi connectivity index (χ0) is 16.4. The average Bonchev–Trinajstić information content (AvgIpc) is 2.55. The molecule has 0 unspecified atom stereocenters. The molecule has 0 bridgehead atoms. The molecule has 0 fully saturated rings. The van der Waals surface area contributed by atoms with Crippen LogP contribution < -0.4 is 20.1 Å². The van der Waals surface area contributed by atoms with Crippen molar-refractivity contribution in [3.05, 3.63) is 23.8 Å². The van der Waals surface area contributed by atoms with E-state index in [1.54, 1.807) is 12.1 Å². The van der Waals surface area contributed by atoms with Gasteiger partial charge in [0, 0.05) is 6.54 Å². The van der Waals surface area contributed by atoms with Crippen molar-refractivity contribution in [2.24, 2.45) is 0 Å². The fraction of sp³-hybridized carbons (Fsp3) is 0.400. The Morgan fingerprint density at radius 1 is 1.23 bits per heavy atom. The highest BCUT2D eigenvalue weighted by molar-refractivity contribution is 5.85. The van der Waals surface area contributed by atoms with Crippen molar-refractivity contribution in [1.82, 2.24) is 10.6 Å². The summed E-state index contributed by atoms with van der Waals surface area (Å²) in [5.74, 6) is 0.0976. The van der Waals surface area contributed by atoms with Crippen molar-refractivity contribution in [3.8, 4) is 11.5 Å². The number of rotatable bonds is 9. The first-order valence-electron chi connectivity index (χ1n) is 6.90. The predicted octanol–water partition coefficient (Wildman–Crippen LogP) is 0.529. The van der Waals surface area contributed by atoms with E-state index >= 15 is 0 Å². The van der Waals surface area contributed by atoms with E-state index in [-0.39, 0.29) is 30.4 Å². The summed E-state index contributed by atoms with van der Waals surface area (Å²) in [6.45, 7) is 2.12. The molecule has 7 heteroatoms. The molecule has 120 valence electrons. The van der Waals surface area contributed by atoms with Gasteiger partial charge in [-0.3, -0.25) is 14.4 Å². The van der Waals surface area contributed by atoms with E-state index in [0.29, 0.717) is 18.6 Å². The summed E-state index contributed by atoms with van der Waals surface area (Å²) in [7, 11) is 1.49. The lowest BCUT2D eigenvalue weighted by molar-refractivity contribution is -0.127.